The molecule has 8 nitrogen and oxygen atoms in total. The number of hydrogen-bond acceptors (Lipinski definition) is 8. The van der Waals surface area contributed by atoms with Gasteiger partial charge in [0.05, 0.1) is 5.56 Å². The Labute approximate surface area is 126 Å². The lowest BCUT2D eigenvalue weighted by molar-refractivity contribution is -0.131. The summed E-state index contributed by atoms with van der Waals surface area (Å²) in [5, 5.41) is 0. The summed E-state index contributed by atoms with van der Waals surface area (Å²) in [5.74, 6) is -0.896. The number of nitrogen functional groups attached to an aromatic ring is 2. The molecule has 0 bridgehead atoms. The first-order valence-electron chi connectivity index (χ1n) is 6.29. The molecule has 0 aliphatic heterocycles. The second kappa shape index (κ2) is 6.53. The summed E-state index contributed by atoms with van der Waals surface area (Å²) in [6.45, 7) is 1.12. The molecule has 0 unspecified atom stereocenters. The number of ether oxygens (including phenoxy) is 2. The second-order valence-corrected chi connectivity index (χ2v) is 4.30. The van der Waals surface area contributed by atoms with Gasteiger partial charge in [0.15, 0.2) is 0 Å². The average Bonchev–Trinajstić information content (AvgIpc) is 2.46. The summed E-state index contributed by atoms with van der Waals surface area (Å²) in [6.07, 6.45) is 1.38. The molecule has 22 heavy (non-hydrogen) atoms. The first kappa shape index (κ1) is 15.2. The number of anilines is 2. The predicted molar refractivity (Wildman–Crippen MR) is 77.7 cm³/mol. The van der Waals surface area contributed by atoms with Crippen molar-refractivity contribution in [2.75, 3.05) is 11.5 Å². The van der Waals surface area contributed by atoms with E-state index in [0.717, 1.165) is 0 Å². The van der Waals surface area contributed by atoms with E-state index in [4.69, 9.17) is 20.9 Å². The standard InChI is InChI=1S/C14H14N4O4/c1-8(19)22-11-5-3-2-4-10(11)13(20)21-7-9-6-17-14(16)18-12(9)15/h2-6H,7H2,1H3,(H4,15,16,17,18). The third-order valence-electron chi connectivity index (χ3n) is 2.64. The van der Waals surface area contributed by atoms with Gasteiger partial charge in [-0.1, -0.05) is 12.1 Å². The maximum absolute atomic E-state index is 12.1. The van der Waals surface area contributed by atoms with Crippen LogP contribution in [0.4, 0.5) is 11.8 Å². The second-order valence-electron chi connectivity index (χ2n) is 4.30. The van der Waals surface area contributed by atoms with Crippen LogP contribution in [0.15, 0.2) is 30.5 Å². The molecule has 8 heteroatoms. The molecule has 114 valence electrons. The van der Waals surface area contributed by atoms with Gasteiger partial charge in [0, 0.05) is 13.1 Å². The fourth-order valence-corrected chi connectivity index (χ4v) is 1.65. The van der Waals surface area contributed by atoms with Gasteiger partial charge in [-0.25, -0.2) is 9.78 Å². The van der Waals surface area contributed by atoms with Gasteiger partial charge in [-0.2, -0.15) is 4.98 Å². The van der Waals surface area contributed by atoms with Gasteiger partial charge in [-0.05, 0) is 12.1 Å². The van der Waals surface area contributed by atoms with Crippen LogP contribution in [0.5, 0.6) is 5.75 Å². The number of carbonyl (C=O) groups excluding carboxylic acids is 2. The van der Waals surface area contributed by atoms with Crippen LogP contribution in [-0.2, 0) is 16.1 Å². The molecular formula is C14H14N4O4. The summed E-state index contributed by atoms with van der Waals surface area (Å²) in [5.41, 5.74) is 11.6. The number of benzene rings is 1. The third-order valence-corrected chi connectivity index (χ3v) is 2.64. The number of rotatable bonds is 4. The molecule has 4 N–H and O–H groups in total. The molecule has 2 aromatic rings. The molecule has 0 aliphatic rings. The molecule has 1 aromatic carbocycles. The maximum atomic E-state index is 12.1. The number of para-hydroxylation sites is 1. The summed E-state index contributed by atoms with van der Waals surface area (Å²) in [7, 11) is 0. The Hall–Kier alpha value is -3.16. The normalized spacial score (nSPS) is 10.0. The van der Waals surface area contributed by atoms with E-state index in [9.17, 15) is 9.59 Å². The van der Waals surface area contributed by atoms with E-state index in [1.165, 1.54) is 25.3 Å². The van der Waals surface area contributed by atoms with E-state index in [-0.39, 0.29) is 29.7 Å². The largest absolute Gasteiger partial charge is 0.457 e. The van der Waals surface area contributed by atoms with Crippen molar-refractivity contribution < 1.29 is 19.1 Å². The first-order chi connectivity index (χ1) is 10.5. The number of aromatic nitrogens is 2. The molecule has 0 fully saturated rings. The van der Waals surface area contributed by atoms with Crippen molar-refractivity contribution >= 4 is 23.7 Å². The number of hydrogen-bond donors (Lipinski definition) is 2. The molecule has 0 spiro atoms. The molecule has 0 atom stereocenters. The SMILES string of the molecule is CC(=O)Oc1ccccc1C(=O)OCc1cnc(N)nc1N. The molecule has 0 saturated heterocycles. The van der Waals surface area contributed by atoms with E-state index in [1.807, 2.05) is 0 Å². The quantitative estimate of drug-likeness (QED) is 0.629. The van der Waals surface area contributed by atoms with Gasteiger partial charge < -0.3 is 20.9 Å². The number of nitrogens with two attached hydrogens (primary N) is 2. The van der Waals surface area contributed by atoms with Crippen LogP contribution < -0.4 is 16.2 Å². The van der Waals surface area contributed by atoms with E-state index < -0.39 is 11.9 Å². The number of esters is 2. The minimum absolute atomic E-state index is 0.0350. The van der Waals surface area contributed by atoms with Crippen LogP contribution >= 0.6 is 0 Å². The van der Waals surface area contributed by atoms with Crippen LogP contribution in [0, 0.1) is 0 Å². The highest BCUT2D eigenvalue weighted by Crippen LogP contribution is 2.20. The van der Waals surface area contributed by atoms with Crippen molar-refractivity contribution in [3.63, 3.8) is 0 Å². The number of nitrogens with zero attached hydrogens (tertiary/aromatic N) is 2. The fraction of sp³-hybridized carbons (Fsp3) is 0.143. The fourth-order valence-electron chi connectivity index (χ4n) is 1.65. The van der Waals surface area contributed by atoms with E-state index >= 15 is 0 Å². The van der Waals surface area contributed by atoms with E-state index in [2.05, 4.69) is 9.97 Å². The van der Waals surface area contributed by atoms with Gasteiger partial charge in [-0.3, -0.25) is 4.79 Å². The van der Waals surface area contributed by atoms with Crippen molar-refractivity contribution in [3.8, 4) is 5.75 Å². The lowest BCUT2D eigenvalue weighted by Gasteiger charge is -2.09. The highest BCUT2D eigenvalue weighted by Gasteiger charge is 2.15. The molecule has 0 aliphatic carbocycles. The van der Waals surface area contributed by atoms with Gasteiger partial charge >= 0.3 is 11.9 Å². The number of carbonyl (C=O) groups is 2. The molecule has 0 saturated carbocycles. The Morgan fingerprint density at radius 3 is 2.64 bits per heavy atom. The Bertz CT molecular complexity index is 718. The molecule has 0 radical (unpaired) electrons. The van der Waals surface area contributed by atoms with Crippen molar-refractivity contribution in [1.82, 2.24) is 9.97 Å². The third kappa shape index (κ3) is 3.69. The first-order valence-corrected chi connectivity index (χ1v) is 6.29. The molecule has 0 amide bonds. The minimum Gasteiger partial charge on any atom is -0.457 e. The van der Waals surface area contributed by atoms with Crippen LogP contribution in [0.3, 0.4) is 0 Å². The summed E-state index contributed by atoms with van der Waals surface area (Å²) in [4.78, 5) is 30.6. The lowest BCUT2D eigenvalue weighted by atomic mass is 10.2. The predicted octanol–water partition coefficient (Wildman–Crippen LogP) is 0.923. The summed E-state index contributed by atoms with van der Waals surface area (Å²) < 4.78 is 10.1. The molecule has 2 rings (SSSR count). The Balaban J connectivity index is 2.11. The summed E-state index contributed by atoms with van der Waals surface area (Å²) >= 11 is 0. The van der Waals surface area contributed by atoms with Gasteiger partial charge in [0.25, 0.3) is 0 Å². The monoisotopic (exact) mass is 302 g/mol. The maximum Gasteiger partial charge on any atom is 0.342 e. The van der Waals surface area contributed by atoms with Crippen molar-refractivity contribution in [1.29, 1.82) is 0 Å². The summed E-state index contributed by atoms with van der Waals surface area (Å²) in [6, 6.07) is 6.26. The van der Waals surface area contributed by atoms with Crippen LogP contribution in [0.2, 0.25) is 0 Å². The Kier molecular flexibility index (Phi) is 4.52. The molecular weight excluding hydrogens is 288 g/mol. The van der Waals surface area contributed by atoms with Crippen molar-refractivity contribution in [3.05, 3.63) is 41.6 Å². The Morgan fingerprint density at radius 2 is 1.95 bits per heavy atom. The molecule has 1 heterocycles. The van der Waals surface area contributed by atoms with Crippen molar-refractivity contribution in [2.45, 2.75) is 13.5 Å². The molecule has 1 aromatic heterocycles. The minimum atomic E-state index is -0.659. The highest BCUT2D eigenvalue weighted by atomic mass is 16.5. The smallest absolute Gasteiger partial charge is 0.342 e. The van der Waals surface area contributed by atoms with E-state index in [1.54, 1.807) is 12.1 Å². The highest BCUT2D eigenvalue weighted by molar-refractivity contribution is 5.93. The Morgan fingerprint density at radius 1 is 1.23 bits per heavy atom. The van der Waals surface area contributed by atoms with Crippen LogP contribution in [0.25, 0.3) is 0 Å². The zero-order valence-electron chi connectivity index (χ0n) is 11.8. The van der Waals surface area contributed by atoms with Crippen molar-refractivity contribution in [2.24, 2.45) is 0 Å². The topological polar surface area (TPSA) is 130 Å². The zero-order valence-corrected chi connectivity index (χ0v) is 11.8. The van der Waals surface area contributed by atoms with Gasteiger partial charge in [0.1, 0.15) is 23.7 Å². The van der Waals surface area contributed by atoms with E-state index in [0.29, 0.717) is 5.56 Å². The van der Waals surface area contributed by atoms with Gasteiger partial charge in [0.2, 0.25) is 5.95 Å². The van der Waals surface area contributed by atoms with Gasteiger partial charge in [-0.15, -0.1) is 0 Å². The van der Waals surface area contributed by atoms with Crippen LogP contribution in [0.1, 0.15) is 22.8 Å². The zero-order chi connectivity index (χ0) is 16.1. The lowest BCUT2D eigenvalue weighted by Crippen LogP contribution is -2.11. The average molecular weight is 302 g/mol. The van der Waals surface area contributed by atoms with Crippen LogP contribution in [-0.4, -0.2) is 21.9 Å².